The summed E-state index contributed by atoms with van der Waals surface area (Å²) < 4.78 is 0. The van der Waals surface area contributed by atoms with E-state index >= 15 is 0 Å². The molecule has 0 aliphatic heterocycles. The van der Waals surface area contributed by atoms with Gasteiger partial charge in [-0.2, -0.15) is 0 Å². The number of nitrogens with one attached hydrogen (secondary N) is 3. The van der Waals surface area contributed by atoms with E-state index in [1.165, 1.54) is 7.05 Å². The summed E-state index contributed by atoms with van der Waals surface area (Å²) in [7, 11) is 1.53. The molecule has 0 aliphatic rings. The molecule has 1 aromatic rings. The highest BCUT2D eigenvalue weighted by molar-refractivity contribution is 5.96. The van der Waals surface area contributed by atoms with Crippen LogP contribution in [0.5, 0.6) is 0 Å². The molecule has 0 saturated heterocycles. The minimum atomic E-state index is -0.537. The lowest BCUT2D eigenvalue weighted by atomic mass is 10.0. The predicted molar refractivity (Wildman–Crippen MR) is 87.8 cm³/mol. The van der Waals surface area contributed by atoms with Gasteiger partial charge in [0.15, 0.2) is 0 Å². The fraction of sp³-hybridized carbons (Fsp3) is 0.429. The van der Waals surface area contributed by atoms with E-state index in [1.54, 1.807) is 24.3 Å². The lowest BCUT2D eigenvalue weighted by Crippen LogP contribution is -2.36. The molecule has 0 radical (unpaired) electrons. The van der Waals surface area contributed by atoms with E-state index in [9.17, 15) is 9.59 Å². The molecule has 0 aliphatic carbocycles. The highest BCUT2D eigenvalue weighted by Crippen LogP contribution is 2.15. The molecule has 21 heavy (non-hydrogen) atoms. The predicted octanol–water partition coefficient (Wildman–Crippen LogP) is 2.17. The zero-order chi connectivity index (χ0) is 15.1. The Morgan fingerprint density at radius 1 is 1.19 bits per heavy atom. The average molecular weight is 315 g/mol. The smallest absolute Gasteiger partial charge is 0.318 e. The number of hydrogen-bond donors (Lipinski definition) is 4. The van der Waals surface area contributed by atoms with Crippen LogP contribution in [0.15, 0.2) is 24.3 Å². The normalized spacial score (nSPS) is 11.3. The summed E-state index contributed by atoms with van der Waals surface area (Å²) in [4.78, 5) is 23.1. The summed E-state index contributed by atoms with van der Waals surface area (Å²) in [5.74, 6) is 0.132. The molecule has 7 heteroatoms. The molecule has 5 N–H and O–H groups in total. The Kier molecular flexibility index (Phi) is 8.42. The summed E-state index contributed by atoms with van der Waals surface area (Å²) >= 11 is 0. The molecule has 118 valence electrons. The van der Waals surface area contributed by atoms with Crippen LogP contribution in [0.2, 0.25) is 0 Å². The second-order valence-electron chi connectivity index (χ2n) is 5.01. The van der Waals surface area contributed by atoms with Crippen molar-refractivity contribution in [2.75, 3.05) is 17.7 Å². The van der Waals surface area contributed by atoms with Crippen LogP contribution in [0, 0.1) is 5.92 Å². The first-order chi connectivity index (χ1) is 9.42. The van der Waals surface area contributed by atoms with Crippen LogP contribution in [-0.2, 0) is 4.79 Å². The summed E-state index contributed by atoms with van der Waals surface area (Å²) in [5.41, 5.74) is 7.01. The largest absolute Gasteiger partial charge is 0.341 e. The molecule has 0 saturated carbocycles. The zero-order valence-corrected chi connectivity index (χ0v) is 13.3. The third-order valence-electron chi connectivity index (χ3n) is 2.68. The molecule has 0 heterocycles. The van der Waals surface area contributed by atoms with Gasteiger partial charge in [0, 0.05) is 18.4 Å². The van der Waals surface area contributed by atoms with E-state index in [-0.39, 0.29) is 24.3 Å². The van der Waals surface area contributed by atoms with Gasteiger partial charge in [0.1, 0.15) is 0 Å². The summed E-state index contributed by atoms with van der Waals surface area (Å²) in [5, 5.41) is 7.83. The van der Waals surface area contributed by atoms with Gasteiger partial charge < -0.3 is 21.7 Å². The van der Waals surface area contributed by atoms with Crippen LogP contribution in [0.3, 0.4) is 0 Å². The average Bonchev–Trinajstić information content (AvgIpc) is 2.38. The maximum Gasteiger partial charge on any atom is 0.318 e. The molecule has 0 fully saturated rings. The minimum absolute atomic E-state index is 0. The Hall–Kier alpha value is -1.79. The van der Waals surface area contributed by atoms with Crippen molar-refractivity contribution in [1.29, 1.82) is 0 Å². The Bertz CT molecular complexity index is 480. The zero-order valence-electron chi connectivity index (χ0n) is 12.5. The highest BCUT2D eigenvalue weighted by atomic mass is 35.5. The number of nitrogens with two attached hydrogens (primary N) is 1. The van der Waals surface area contributed by atoms with Crippen molar-refractivity contribution in [3.63, 3.8) is 0 Å². The second-order valence-corrected chi connectivity index (χ2v) is 5.01. The molecule has 1 rings (SSSR count). The van der Waals surface area contributed by atoms with Crippen LogP contribution < -0.4 is 21.7 Å². The standard InChI is InChI=1S/C14H22N4O2.ClH/c1-9(2)7-12(15)13(19)17-10-5-4-6-11(8-10)18-14(20)16-3;/h4-6,8-9,12H,7,15H2,1-3H3,(H,17,19)(H2,16,18,20);1H/t12-;/m0./s1. The van der Waals surface area contributed by atoms with Gasteiger partial charge in [-0.05, 0) is 30.5 Å². The fourth-order valence-electron chi connectivity index (χ4n) is 1.72. The maximum absolute atomic E-state index is 11.9. The van der Waals surface area contributed by atoms with E-state index < -0.39 is 6.04 Å². The molecule has 6 nitrogen and oxygen atoms in total. The first-order valence-electron chi connectivity index (χ1n) is 6.57. The molecule has 0 aromatic heterocycles. The van der Waals surface area contributed by atoms with Gasteiger partial charge in [-0.1, -0.05) is 19.9 Å². The molecule has 1 atom stereocenters. The molecule has 3 amide bonds. The Morgan fingerprint density at radius 2 is 1.76 bits per heavy atom. The van der Waals surface area contributed by atoms with Crippen molar-refractivity contribution in [2.24, 2.45) is 11.7 Å². The lowest BCUT2D eigenvalue weighted by molar-refractivity contribution is -0.117. The van der Waals surface area contributed by atoms with E-state index in [1.807, 2.05) is 13.8 Å². The summed E-state index contributed by atoms with van der Waals surface area (Å²) in [6.45, 7) is 4.03. The van der Waals surface area contributed by atoms with Crippen LogP contribution in [0.25, 0.3) is 0 Å². The molecular formula is C14H23ClN4O2. The number of rotatable bonds is 5. The summed E-state index contributed by atoms with van der Waals surface area (Å²) in [6.07, 6.45) is 0.627. The van der Waals surface area contributed by atoms with Gasteiger partial charge in [0.05, 0.1) is 6.04 Å². The van der Waals surface area contributed by atoms with E-state index in [4.69, 9.17) is 5.73 Å². The number of hydrogen-bond acceptors (Lipinski definition) is 3. The Labute approximate surface area is 131 Å². The van der Waals surface area contributed by atoms with Crippen LogP contribution in [0.1, 0.15) is 20.3 Å². The molecule has 0 spiro atoms. The first kappa shape index (κ1) is 19.2. The minimum Gasteiger partial charge on any atom is -0.341 e. The van der Waals surface area contributed by atoms with Gasteiger partial charge in [-0.25, -0.2) is 4.79 Å². The summed E-state index contributed by atoms with van der Waals surface area (Å²) in [6, 6.07) is 6.05. The van der Waals surface area contributed by atoms with Crippen molar-refractivity contribution in [1.82, 2.24) is 5.32 Å². The highest BCUT2D eigenvalue weighted by Gasteiger charge is 2.15. The number of carbonyl (C=O) groups is 2. The third-order valence-corrected chi connectivity index (χ3v) is 2.68. The number of urea groups is 1. The van der Waals surface area contributed by atoms with Gasteiger partial charge >= 0.3 is 6.03 Å². The van der Waals surface area contributed by atoms with Crippen LogP contribution in [0.4, 0.5) is 16.2 Å². The number of carbonyl (C=O) groups excluding carboxylic acids is 2. The molecular weight excluding hydrogens is 292 g/mol. The van der Waals surface area contributed by atoms with Crippen LogP contribution >= 0.6 is 12.4 Å². The monoisotopic (exact) mass is 314 g/mol. The van der Waals surface area contributed by atoms with Crippen molar-refractivity contribution >= 4 is 35.7 Å². The second kappa shape index (κ2) is 9.20. The lowest BCUT2D eigenvalue weighted by Gasteiger charge is -2.14. The molecule has 1 aromatic carbocycles. The SMILES string of the molecule is CNC(=O)Nc1cccc(NC(=O)[C@@H](N)CC(C)C)c1.Cl. The number of benzene rings is 1. The van der Waals surface area contributed by atoms with Crippen molar-refractivity contribution in [3.8, 4) is 0 Å². The Morgan fingerprint density at radius 3 is 2.29 bits per heavy atom. The molecule has 0 unspecified atom stereocenters. The van der Waals surface area contributed by atoms with E-state index in [2.05, 4.69) is 16.0 Å². The van der Waals surface area contributed by atoms with Gasteiger partial charge in [0.2, 0.25) is 5.91 Å². The quantitative estimate of drug-likeness (QED) is 0.670. The fourth-order valence-corrected chi connectivity index (χ4v) is 1.72. The first-order valence-corrected chi connectivity index (χ1v) is 6.57. The molecule has 0 bridgehead atoms. The van der Waals surface area contributed by atoms with Crippen molar-refractivity contribution in [2.45, 2.75) is 26.3 Å². The maximum atomic E-state index is 11.9. The third kappa shape index (κ3) is 6.97. The van der Waals surface area contributed by atoms with Crippen LogP contribution in [-0.4, -0.2) is 25.0 Å². The topological polar surface area (TPSA) is 96.2 Å². The van der Waals surface area contributed by atoms with E-state index in [0.717, 1.165) is 0 Å². The Balaban J connectivity index is 0.00000400. The van der Waals surface area contributed by atoms with Gasteiger partial charge in [0.25, 0.3) is 0 Å². The number of anilines is 2. The number of halogens is 1. The van der Waals surface area contributed by atoms with E-state index in [0.29, 0.717) is 23.7 Å². The number of amides is 3. The van der Waals surface area contributed by atoms with Gasteiger partial charge in [-0.3, -0.25) is 4.79 Å². The van der Waals surface area contributed by atoms with Crippen molar-refractivity contribution < 1.29 is 9.59 Å². The van der Waals surface area contributed by atoms with Crippen molar-refractivity contribution in [3.05, 3.63) is 24.3 Å². The van der Waals surface area contributed by atoms with Gasteiger partial charge in [-0.15, -0.1) is 12.4 Å².